The summed E-state index contributed by atoms with van der Waals surface area (Å²) in [7, 11) is 1.36. The molecule has 0 spiro atoms. The number of carbonyl (C=O) groups excluding carboxylic acids is 2. The van der Waals surface area contributed by atoms with Crippen LogP contribution in [0.3, 0.4) is 0 Å². The van der Waals surface area contributed by atoms with Crippen LogP contribution in [0.25, 0.3) is 0 Å². The molecule has 2 N–H and O–H groups in total. The van der Waals surface area contributed by atoms with Gasteiger partial charge >= 0.3 is 11.9 Å². The summed E-state index contributed by atoms with van der Waals surface area (Å²) in [5, 5.41) is 19.1. The molecule has 0 unspecified atom stereocenters. The Morgan fingerprint density at radius 1 is 0.633 bits per heavy atom. The van der Waals surface area contributed by atoms with Gasteiger partial charge in [-0.25, -0.2) is 9.59 Å². The van der Waals surface area contributed by atoms with Crippen molar-refractivity contribution in [3.63, 3.8) is 0 Å². The summed E-state index contributed by atoms with van der Waals surface area (Å²) in [5.74, 6) is -4.09. The van der Waals surface area contributed by atoms with Crippen LogP contribution in [-0.4, -0.2) is 40.8 Å². The number of carboxylic acid groups (broad SMARTS) is 2. The molecular formula is C23H16O7. The molecule has 3 aromatic rings. The van der Waals surface area contributed by atoms with Gasteiger partial charge in [-0.2, -0.15) is 0 Å². The molecule has 7 heteroatoms. The number of rotatable bonds is 7. The van der Waals surface area contributed by atoms with Crippen molar-refractivity contribution in [1.29, 1.82) is 0 Å². The van der Waals surface area contributed by atoms with Gasteiger partial charge in [0.1, 0.15) is 5.75 Å². The van der Waals surface area contributed by atoms with E-state index in [9.17, 15) is 29.4 Å². The van der Waals surface area contributed by atoms with Crippen LogP contribution < -0.4 is 4.74 Å². The zero-order chi connectivity index (χ0) is 21.8. The Morgan fingerprint density at radius 2 is 1.13 bits per heavy atom. The Kier molecular flexibility index (Phi) is 5.73. The highest BCUT2D eigenvalue weighted by Crippen LogP contribution is 2.27. The molecule has 0 fully saturated rings. The molecule has 0 atom stereocenters. The van der Waals surface area contributed by atoms with Crippen LogP contribution in [0.4, 0.5) is 0 Å². The van der Waals surface area contributed by atoms with Crippen LogP contribution >= 0.6 is 0 Å². The van der Waals surface area contributed by atoms with Gasteiger partial charge < -0.3 is 14.9 Å². The molecule has 0 aliphatic carbocycles. The predicted molar refractivity (Wildman–Crippen MR) is 107 cm³/mol. The van der Waals surface area contributed by atoms with Gasteiger partial charge in [0.05, 0.1) is 23.8 Å². The number of hydrogen-bond donors (Lipinski definition) is 2. The van der Waals surface area contributed by atoms with Crippen LogP contribution in [0.5, 0.6) is 5.75 Å². The average Bonchev–Trinajstić information content (AvgIpc) is 2.77. The van der Waals surface area contributed by atoms with Crippen LogP contribution in [0.1, 0.15) is 52.6 Å². The maximum absolute atomic E-state index is 13.1. The molecule has 0 bridgehead atoms. The highest BCUT2D eigenvalue weighted by atomic mass is 16.5. The van der Waals surface area contributed by atoms with Crippen molar-refractivity contribution < 1.29 is 34.1 Å². The summed E-state index contributed by atoms with van der Waals surface area (Å²) in [6, 6.07) is 16.0. The normalized spacial score (nSPS) is 10.3. The van der Waals surface area contributed by atoms with Crippen molar-refractivity contribution in [1.82, 2.24) is 0 Å². The lowest BCUT2D eigenvalue weighted by atomic mass is 9.89. The molecule has 0 radical (unpaired) electrons. The number of aromatic carboxylic acids is 2. The van der Waals surface area contributed by atoms with Gasteiger partial charge in [-0.15, -0.1) is 0 Å². The number of carbonyl (C=O) groups is 4. The fourth-order valence-corrected chi connectivity index (χ4v) is 3.05. The van der Waals surface area contributed by atoms with Gasteiger partial charge in [0, 0.05) is 16.7 Å². The Balaban J connectivity index is 2.27. The van der Waals surface area contributed by atoms with Gasteiger partial charge in [-0.1, -0.05) is 42.5 Å². The van der Waals surface area contributed by atoms with Crippen LogP contribution in [0, 0.1) is 0 Å². The van der Waals surface area contributed by atoms with E-state index in [0.29, 0.717) is 0 Å². The minimum absolute atomic E-state index is 0.0867. The lowest BCUT2D eigenvalue weighted by molar-refractivity contribution is 0.0690. The zero-order valence-corrected chi connectivity index (χ0v) is 15.8. The standard InChI is InChI=1S/C23H16O7/c1-30-19-10-6-5-9-14(19)21(25)16-11-15(20(24)13-7-3-2-4-8-13)17(22(26)27)12-18(16)23(28)29/h2-12H,1H3,(H,26,27)(H,28,29). The lowest BCUT2D eigenvalue weighted by Crippen LogP contribution is -2.17. The van der Waals surface area contributed by atoms with E-state index in [0.717, 1.165) is 12.1 Å². The van der Waals surface area contributed by atoms with Crippen molar-refractivity contribution in [3.05, 3.63) is 100 Å². The maximum Gasteiger partial charge on any atom is 0.336 e. The van der Waals surface area contributed by atoms with Crippen molar-refractivity contribution in [2.75, 3.05) is 7.11 Å². The molecule has 0 aliphatic rings. The molecule has 3 rings (SSSR count). The van der Waals surface area contributed by atoms with E-state index in [1.54, 1.807) is 30.3 Å². The molecule has 3 aromatic carbocycles. The van der Waals surface area contributed by atoms with E-state index >= 15 is 0 Å². The number of hydrogen-bond acceptors (Lipinski definition) is 5. The number of para-hydroxylation sites is 1. The molecule has 0 saturated carbocycles. The van der Waals surface area contributed by atoms with Gasteiger partial charge in [0.2, 0.25) is 0 Å². The second-order valence-electron chi connectivity index (χ2n) is 6.28. The maximum atomic E-state index is 13.1. The Bertz CT molecular complexity index is 1160. The minimum atomic E-state index is -1.49. The van der Waals surface area contributed by atoms with Gasteiger partial charge in [0.25, 0.3) is 0 Å². The highest BCUT2D eigenvalue weighted by molar-refractivity contribution is 6.20. The quantitative estimate of drug-likeness (QED) is 0.578. The summed E-state index contributed by atoms with van der Waals surface area (Å²) in [5.41, 5.74) is -1.32. The SMILES string of the molecule is COc1ccccc1C(=O)c1cc(C(=O)c2ccccc2)c(C(=O)O)cc1C(=O)O. The molecule has 0 amide bonds. The Morgan fingerprint density at radius 3 is 1.70 bits per heavy atom. The van der Waals surface area contributed by atoms with Crippen LogP contribution in [0.2, 0.25) is 0 Å². The zero-order valence-electron chi connectivity index (χ0n) is 15.8. The average molecular weight is 404 g/mol. The highest BCUT2D eigenvalue weighted by Gasteiger charge is 2.27. The molecular weight excluding hydrogens is 388 g/mol. The van der Waals surface area contributed by atoms with Gasteiger partial charge in [-0.05, 0) is 24.3 Å². The number of ketones is 2. The van der Waals surface area contributed by atoms with Gasteiger partial charge in [0.15, 0.2) is 11.6 Å². The van der Waals surface area contributed by atoms with E-state index in [1.165, 1.54) is 31.4 Å². The first-order valence-electron chi connectivity index (χ1n) is 8.77. The fourth-order valence-electron chi connectivity index (χ4n) is 3.05. The largest absolute Gasteiger partial charge is 0.496 e. The monoisotopic (exact) mass is 404 g/mol. The molecule has 30 heavy (non-hydrogen) atoms. The lowest BCUT2D eigenvalue weighted by Gasteiger charge is -2.13. The summed E-state index contributed by atoms with van der Waals surface area (Å²) >= 11 is 0. The Hall–Kier alpha value is -4.26. The third-order valence-electron chi connectivity index (χ3n) is 4.50. The molecule has 0 aromatic heterocycles. The van der Waals surface area contributed by atoms with Gasteiger partial charge in [-0.3, -0.25) is 9.59 Å². The topological polar surface area (TPSA) is 118 Å². The van der Waals surface area contributed by atoms with Crippen molar-refractivity contribution in [2.24, 2.45) is 0 Å². The van der Waals surface area contributed by atoms with E-state index in [-0.39, 0.29) is 28.0 Å². The molecule has 0 heterocycles. The smallest absolute Gasteiger partial charge is 0.336 e. The van der Waals surface area contributed by atoms with Crippen molar-refractivity contribution >= 4 is 23.5 Å². The summed E-state index contributed by atoms with van der Waals surface area (Å²) in [6.45, 7) is 0. The number of ether oxygens (including phenoxy) is 1. The van der Waals surface area contributed by atoms with Crippen molar-refractivity contribution in [3.8, 4) is 5.75 Å². The van der Waals surface area contributed by atoms with Crippen LogP contribution in [-0.2, 0) is 0 Å². The first-order chi connectivity index (χ1) is 14.3. The molecule has 7 nitrogen and oxygen atoms in total. The first kappa shape index (κ1) is 20.5. The molecule has 150 valence electrons. The number of benzene rings is 3. The molecule has 0 saturated heterocycles. The van der Waals surface area contributed by atoms with Crippen LogP contribution in [0.15, 0.2) is 66.7 Å². The van der Waals surface area contributed by atoms with Crippen molar-refractivity contribution in [2.45, 2.75) is 0 Å². The van der Waals surface area contributed by atoms with E-state index in [4.69, 9.17) is 4.74 Å². The first-order valence-corrected chi connectivity index (χ1v) is 8.77. The third kappa shape index (κ3) is 3.81. The minimum Gasteiger partial charge on any atom is -0.496 e. The number of methoxy groups -OCH3 is 1. The second kappa shape index (κ2) is 8.40. The summed E-state index contributed by atoms with van der Waals surface area (Å²) in [6.07, 6.45) is 0. The van der Waals surface area contributed by atoms with E-state index in [1.807, 2.05) is 0 Å². The second-order valence-corrected chi connectivity index (χ2v) is 6.28. The molecule has 0 aliphatic heterocycles. The fraction of sp³-hybridized carbons (Fsp3) is 0.0435. The third-order valence-corrected chi connectivity index (χ3v) is 4.50. The van der Waals surface area contributed by atoms with E-state index < -0.39 is 34.6 Å². The predicted octanol–water partition coefficient (Wildman–Crippen LogP) is 3.55. The van der Waals surface area contributed by atoms with E-state index in [2.05, 4.69) is 0 Å². The summed E-state index contributed by atoms with van der Waals surface area (Å²) in [4.78, 5) is 49.6. The number of carboxylic acids is 2. The Labute approximate surface area is 171 Å². The summed E-state index contributed by atoms with van der Waals surface area (Å²) < 4.78 is 5.17.